The molecule has 0 atom stereocenters. The van der Waals surface area contributed by atoms with Crippen molar-refractivity contribution in [2.24, 2.45) is 7.05 Å². The molecule has 2 heterocycles. The molecule has 0 spiro atoms. The third kappa shape index (κ3) is 3.18. The number of fused-ring (bicyclic) bond motifs is 1. The van der Waals surface area contributed by atoms with Crippen molar-refractivity contribution in [3.63, 3.8) is 0 Å². The molecular formula is C27H23N3. The fraction of sp³-hybridized carbons (Fsp3) is 0.111. The van der Waals surface area contributed by atoms with Gasteiger partial charge < -0.3 is 4.57 Å². The van der Waals surface area contributed by atoms with Crippen molar-refractivity contribution >= 4 is 11.0 Å². The molecule has 3 nitrogen and oxygen atoms in total. The summed E-state index contributed by atoms with van der Waals surface area (Å²) in [6.07, 6.45) is 0. The van der Waals surface area contributed by atoms with Crippen LogP contribution in [0.2, 0.25) is 0 Å². The zero-order chi connectivity index (χ0) is 20.7. The van der Waals surface area contributed by atoms with Gasteiger partial charge in [0.05, 0.1) is 11.4 Å². The van der Waals surface area contributed by atoms with Crippen LogP contribution >= 0.6 is 0 Å². The lowest BCUT2D eigenvalue weighted by molar-refractivity contribution is 0.954. The summed E-state index contributed by atoms with van der Waals surface area (Å²) in [5.41, 5.74) is 8.78. The molecule has 30 heavy (non-hydrogen) atoms. The van der Waals surface area contributed by atoms with Crippen LogP contribution < -0.4 is 0 Å². The number of nitrogens with zero attached hydrogens (tertiary/aromatic N) is 3. The first-order valence-corrected chi connectivity index (χ1v) is 10.2. The minimum atomic E-state index is 0.753. The van der Waals surface area contributed by atoms with Crippen LogP contribution in [0.4, 0.5) is 0 Å². The molecule has 0 bridgehead atoms. The first-order chi connectivity index (χ1) is 14.6. The number of hydrogen-bond acceptors (Lipinski definition) is 2. The van der Waals surface area contributed by atoms with Gasteiger partial charge in [-0.3, -0.25) is 0 Å². The monoisotopic (exact) mass is 389 g/mol. The molecule has 3 aromatic carbocycles. The Labute approximate surface area is 176 Å². The molecule has 0 unspecified atom stereocenters. The zero-order valence-electron chi connectivity index (χ0n) is 17.4. The van der Waals surface area contributed by atoms with Crippen LogP contribution in [0.25, 0.3) is 44.9 Å². The van der Waals surface area contributed by atoms with Gasteiger partial charge in [-0.05, 0) is 37.6 Å². The number of aryl methyl sites for hydroxylation is 3. The van der Waals surface area contributed by atoms with Crippen LogP contribution in [0.3, 0.4) is 0 Å². The summed E-state index contributed by atoms with van der Waals surface area (Å²) in [7, 11) is 2.08. The average Bonchev–Trinajstić information content (AvgIpc) is 3.10. The van der Waals surface area contributed by atoms with Gasteiger partial charge in [0.2, 0.25) is 0 Å². The fourth-order valence-electron chi connectivity index (χ4n) is 4.01. The lowest BCUT2D eigenvalue weighted by Gasteiger charge is -2.09. The number of benzene rings is 3. The van der Waals surface area contributed by atoms with Gasteiger partial charge in [0.25, 0.3) is 0 Å². The molecule has 5 aromatic rings. The molecule has 0 saturated heterocycles. The van der Waals surface area contributed by atoms with E-state index in [0.717, 1.165) is 39.4 Å². The van der Waals surface area contributed by atoms with Gasteiger partial charge in [-0.2, -0.15) is 0 Å². The van der Waals surface area contributed by atoms with Crippen LogP contribution in [-0.4, -0.2) is 14.5 Å². The molecule has 0 fully saturated rings. The quantitative estimate of drug-likeness (QED) is 0.349. The molecule has 0 aliphatic rings. The predicted octanol–water partition coefficient (Wildman–Crippen LogP) is 6.59. The lowest BCUT2D eigenvalue weighted by atomic mass is 10.0. The van der Waals surface area contributed by atoms with E-state index in [-0.39, 0.29) is 0 Å². The van der Waals surface area contributed by atoms with Crippen molar-refractivity contribution in [2.45, 2.75) is 13.8 Å². The van der Waals surface area contributed by atoms with Crippen molar-refractivity contribution in [3.8, 4) is 33.9 Å². The van der Waals surface area contributed by atoms with Gasteiger partial charge in [0, 0.05) is 23.6 Å². The van der Waals surface area contributed by atoms with Gasteiger partial charge in [-0.25, -0.2) is 9.97 Å². The Kier molecular flexibility index (Phi) is 4.44. The SMILES string of the molecule is Cc1cccc(-c2nc(-c3cccc(C)c3)c3cc(-c4ccccc4)n(C)c3n2)c1. The third-order valence-corrected chi connectivity index (χ3v) is 5.52. The van der Waals surface area contributed by atoms with Crippen LogP contribution in [0.5, 0.6) is 0 Å². The maximum absolute atomic E-state index is 5.05. The number of rotatable bonds is 3. The topological polar surface area (TPSA) is 30.7 Å². The van der Waals surface area contributed by atoms with Crippen LogP contribution in [-0.2, 0) is 7.05 Å². The summed E-state index contributed by atoms with van der Waals surface area (Å²) < 4.78 is 2.17. The second-order valence-electron chi connectivity index (χ2n) is 7.83. The van der Waals surface area contributed by atoms with Crippen molar-refractivity contribution in [3.05, 3.63) is 96.1 Å². The van der Waals surface area contributed by atoms with E-state index in [0.29, 0.717) is 0 Å². The third-order valence-electron chi connectivity index (χ3n) is 5.52. The van der Waals surface area contributed by atoms with E-state index in [1.807, 2.05) is 6.07 Å². The van der Waals surface area contributed by atoms with E-state index in [9.17, 15) is 0 Å². The molecule has 2 aromatic heterocycles. The molecule has 0 saturated carbocycles. The van der Waals surface area contributed by atoms with E-state index < -0.39 is 0 Å². The normalized spacial score (nSPS) is 11.2. The summed E-state index contributed by atoms with van der Waals surface area (Å²) >= 11 is 0. The van der Waals surface area contributed by atoms with Gasteiger partial charge in [-0.1, -0.05) is 77.9 Å². The van der Waals surface area contributed by atoms with E-state index in [1.165, 1.54) is 16.7 Å². The molecular weight excluding hydrogens is 366 g/mol. The number of aromatic nitrogens is 3. The number of hydrogen-bond donors (Lipinski definition) is 0. The van der Waals surface area contributed by atoms with Gasteiger partial charge in [0.1, 0.15) is 5.65 Å². The van der Waals surface area contributed by atoms with E-state index in [2.05, 4.69) is 104 Å². The van der Waals surface area contributed by atoms with E-state index in [4.69, 9.17) is 9.97 Å². The molecule has 0 aliphatic heterocycles. The van der Waals surface area contributed by atoms with Crippen LogP contribution in [0.15, 0.2) is 84.9 Å². The highest BCUT2D eigenvalue weighted by atomic mass is 15.1. The minimum Gasteiger partial charge on any atom is -0.328 e. The summed E-state index contributed by atoms with van der Waals surface area (Å²) in [4.78, 5) is 10.0. The van der Waals surface area contributed by atoms with Crippen molar-refractivity contribution in [2.75, 3.05) is 0 Å². The van der Waals surface area contributed by atoms with Gasteiger partial charge in [0.15, 0.2) is 5.82 Å². The predicted molar refractivity (Wildman–Crippen MR) is 124 cm³/mol. The van der Waals surface area contributed by atoms with Crippen molar-refractivity contribution in [1.82, 2.24) is 14.5 Å². The Bertz CT molecular complexity index is 1360. The first kappa shape index (κ1) is 18.3. The highest BCUT2D eigenvalue weighted by Crippen LogP contribution is 2.34. The summed E-state index contributed by atoms with van der Waals surface area (Å²) in [5.74, 6) is 0.753. The standard InChI is InChI=1S/C27H23N3/c1-18-9-7-13-21(15-18)25-23-17-24(20-11-5-4-6-12-20)30(3)27(23)29-26(28-25)22-14-8-10-19(2)16-22/h4-17H,1-3H3. The van der Waals surface area contributed by atoms with E-state index in [1.54, 1.807) is 0 Å². The molecule has 0 aliphatic carbocycles. The highest BCUT2D eigenvalue weighted by Gasteiger charge is 2.17. The van der Waals surface area contributed by atoms with Gasteiger partial charge >= 0.3 is 0 Å². The summed E-state index contributed by atoms with van der Waals surface area (Å²) in [6, 6.07) is 29.6. The fourth-order valence-corrected chi connectivity index (χ4v) is 4.01. The smallest absolute Gasteiger partial charge is 0.162 e. The zero-order valence-corrected chi connectivity index (χ0v) is 17.4. The Hall–Kier alpha value is -3.72. The average molecular weight is 390 g/mol. The van der Waals surface area contributed by atoms with Gasteiger partial charge in [-0.15, -0.1) is 0 Å². The largest absolute Gasteiger partial charge is 0.328 e. The molecule has 0 N–H and O–H groups in total. The Morgan fingerprint density at radius 2 is 1.27 bits per heavy atom. The minimum absolute atomic E-state index is 0.753. The second-order valence-corrected chi connectivity index (χ2v) is 7.83. The second kappa shape index (κ2) is 7.27. The van der Waals surface area contributed by atoms with Crippen LogP contribution in [0.1, 0.15) is 11.1 Å². The Balaban J connectivity index is 1.83. The molecule has 5 rings (SSSR count). The highest BCUT2D eigenvalue weighted by molar-refractivity contribution is 5.96. The van der Waals surface area contributed by atoms with Crippen LogP contribution in [0, 0.1) is 13.8 Å². The lowest BCUT2D eigenvalue weighted by Crippen LogP contribution is -1.98. The maximum atomic E-state index is 5.05. The van der Waals surface area contributed by atoms with E-state index >= 15 is 0 Å². The Morgan fingerprint density at radius 3 is 1.97 bits per heavy atom. The summed E-state index contributed by atoms with van der Waals surface area (Å²) in [5, 5.41) is 1.07. The van der Waals surface area contributed by atoms with Crippen molar-refractivity contribution < 1.29 is 0 Å². The maximum Gasteiger partial charge on any atom is 0.162 e. The molecule has 146 valence electrons. The molecule has 3 heteroatoms. The molecule has 0 radical (unpaired) electrons. The summed E-state index contributed by atoms with van der Waals surface area (Å²) in [6.45, 7) is 4.21. The van der Waals surface area contributed by atoms with Crippen molar-refractivity contribution in [1.29, 1.82) is 0 Å². The Morgan fingerprint density at radius 1 is 0.633 bits per heavy atom. The first-order valence-electron chi connectivity index (χ1n) is 10.2. The molecule has 0 amide bonds.